The van der Waals surface area contributed by atoms with Crippen LogP contribution in [0, 0.1) is 11.3 Å². The molecule has 1 aliphatic rings. The lowest BCUT2D eigenvalue weighted by molar-refractivity contribution is 0.325. The number of pyridine rings is 1. The summed E-state index contributed by atoms with van der Waals surface area (Å²) in [6, 6.07) is 4.55. The van der Waals surface area contributed by atoms with Gasteiger partial charge in [0.15, 0.2) is 0 Å². The second-order valence-corrected chi connectivity index (χ2v) is 5.41. The molecule has 0 amide bonds. The van der Waals surface area contributed by atoms with Crippen LogP contribution in [0.25, 0.3) is 0 Å². The van der Waals surface area contributed by atoms with E-state index in [0.717, 1.165) is 12.5 Å². The Morgan fingerprint density at radius 2 is 2.12 bits per heavy atom. The van der Waals surface area contributed by atoms with Gasteiger partial charge in [0, 0.05) is 25.0 Å². The Hall–Kier alpha value is -0.890. The summed E-state index contributed by atoms with van der Waals surface area (Å²) in [5.41, 5.74) is 1.86. The summed E-state index contributed by atoms with van der Waals surface area (Å²) >= 11 is 0. The van der Waals surface area contributed by atoms with Gasteiger partial charge < -0.3 is 5.32 Å². The Morgan fingerprint density at radius 3 is 2.62 bits per heavy atom. The fourth-order valence-electron chi connectivity index (χ4n) is 2.23. The molecule has 1 unspecified atom stereocenters. The first-order valence-corrected chi connectivity index (χ1v) is 6.27. The summed E-state index contributed by atoms with van der Waals surface area (Å²) in [5, 5.41) is 3.64. The molecule has 2 heteroatoms. The molecule has 1 aliphatic carbocycles. The minimum absolute atomic E-state index is 0.407. The molecule has 1 saturated carbocycles. The zero-order valence-electron chi connectivity index (χ0n) is 10.5. The quantitative estimate of drug-likeness (QED) is 0.821. The molecule has 1 aromatic rings. The summed E-state index contributed by atoms with van der Waals surface area (Å²) in [4.78, 5) is 4.16. The molecule has 0 radical (unpaired) electrons. The molecular weight excluding hydrogens is 196 g/mol. The summed E-state index contributed by atoms with van der Waals surface area (Å²) in [5.74, 6) is 0.793. The van der Waals surface area contributed by atoms with Gasteiger partial charge in [-0.15, -0.1) is 0 Å². The van der Waals surface area contributed by atoms with Crippen molar-refractivity contribution in [2.45, 2.75) is 39.7 Å². The maximum absolute atomic E-state index is 4.16. The van der Waals surface area contributed by atoms with Gasteiger partial charge in [-0.1, -0.05) is 19.9 Å². The second kappa shape index (κ2) is 4.54. The van der Waals surface area contributed by atoms with Crippen molar-refractivity contribution in [3.05, 3.63) is 30.1 Å². The van der Waals surface area contributed by atoms with Crippen LogP contribution in [0.4, 0.5) is 0 Å². The van der Waals surface area contributed by atoms with Crippen molar-refractivity contribution in [1.29, 1.82) is 0 Å². The van der Waals surface area contributed by atoms with Crippen LogP contribution in [-0.4, -0.2) is 11.5 Å². The molecule has 1 atom stereocenters. The lowest BCUT2D eigenvalue weighted by atomic mass is 9.92. The van der Waals surface area contributed by atoms with Gasteiger partial charge in [-0.05, 0) is 42.7 Å². The van der Waals surface area contributed by atoms with Crippen molar-refractivity contribution in [1.82, 2.24) is 10.3 Å². The minimum Gasteiger partial charge on any atom is -0.310 e. The lowest BCUT2D eigenvalue weighted by Crippen LogP contribution is -2.29. The van der Waals surface area contributed by atoms with Crippen LogP contribution in [0.2, 0.25) is 0 Å². The first kappa shape index (κ1) is 11.6. The van der Waals surface area contributed by atoms with Crippen LogP contribution in [0.15, 0.2) is 24.5 Å². The van der Waals surface area contributed by atoms with Crippen molar-refractivity contribution >= 4 is 0 Å². The normalized spacial score (nSPS) is 19.8. The van der Waals surface area contributed by atoms with E-state index in [-0.39, 0.29) is 0 Å². The molecule has 1 aromatic heterocycles. The van der Waals surface area contributed by atoms with E-state index in [4.69, 9.17) is 0 Å². The maximum atomic E-state index is 4.16. The Morgan fingerprint density at radius 1 is 1.38 bits per heavy atom. The van der Waals surface area contributed by atoms with E-state index < -0.39 is 0 Å². The zero-order chi connectivity index (χ0) is 11.6. The Labute approximate surface area is 98.5 Å². The highest BCUT2D eigenvalue weighted by Crippen LogP contribution is 2.51. The van der Waals surface area contributed by atoms with E-state index >= 15 is 0 Å². The van der Waals surface area contributed by atoms with Gasteiger partial charge in [0.05, 0.1) is 0 Å². The van der Waals surface area contributed by atoms with Crippen LogP contribution in [0.5, 0.6) is 0 Å². The van der Waals surface area contributed by atoms with E-state index in [1.54, 1.807) is 0 Å². The first-order chi connectivity index (χ1) is 7.64. The van der Waals surface area contributed by atoms with Gasteiger partial charge in [0.25, 0.3) is 0 Å². The Kier molecular flexibility index (Phi) is 3.29. The monoisotopic (exact) mass is 218 g/mol. The third kappa shape index (κ3) is 2.43. The van der Waals surface area contributed by atoms with E-state index in [1.165, 1.54) is 18.4 Å². The SMILES string of the molecule is CC(NCC1(C(C)C)CC1)c1cccnc1. The number of aromatic nitrogens is 1. The van der Waals surface area contributed by atoms with Crippen LogP contribution >= 0.6 is 0 Å². The molecule has 0 aromatic carbocycles. The second-order valence-electron chi connectivity index (χ2n) is 5.41. The topological polar surface area (TPSA) is 24.9 Å². The molecule has 0 saturated heterocycles. The van der Waals surface area contributed by atoms with E-state index in [2.05, 4.69) is 37.1 Å². The molecule has 2 rings (SSSR count). The van der Waals surface area contributed by atoms with Gasteiger partial charge in [-0.25, -0.2) is 0 Å². The summed E-state index contributed by atoms with van der Waals surface area (Å²) in [6.45, 7) is 8.03. The zero-order valence-corrected chi connectivity index (χ0v) is 10.5. The largest absolute Gasteiger partial charge is 0.310 e. The average molecular weight is 218 g/mol. The molecule has 1 N–H and O–H groups in total. The number of hydrogen-bond donors (Lipinski definition) is 1. The fraction of sp³-hybridized carbons (Fsp3) is 0.643. The fourth-order valence-corrected chi connectivity index (χ4v) is 2.23. The Bertz CT molecular complexity index is 328. The average Bonchev–Trinajstić information content (AvgIpc) is 3.08. The summed E-state index contributed by atoms with van der Waals surface area (Å²) < 4.78 is 0. The van der Waals surface area contributed by atoms with Gasteiger partial charge >= 0.3 is 0 Å². The molecule has 1 fully saturated rings. The van der Waals surface area contributed by atoms with Gasteiger partial charge in [-0.2, -0.15) is 0 Å². The van der Waals surface area contributed by atoms with Crippen molar-refractivity contribution in [3.8, 4) is 0 Å². The summed E-state index contributed by atoms with van der Waals surface area (Å²) in [6.07, 6.45) is 6.55. The standard InChI is InChI=1S/C14H22N2/c1-11(2)14(6-7-14)10-16-12(3)13-5-4-8-15-9-13/h4-5,8-9,11-12,16H,6-7,10H2,1-3H3. The maximum Gasteiger partial charge on any atom is 0.0315 e. The smallest absolute Gasteiger partial charge is 0.0315 e. The van der Waals surface area contributed by atoms with Crippen LogP contribution < -0.4 is 5.32 Å². The minimum atomic E-state index is 0.407. The van der Waals surface area contributed by atoms with Crippen LogP contribution in [-0.2, 0) is 0 Å². The lowest BCUT2D eigenvalue weighted by Gasteiger charge is -2.23. The predicted molar refractivity (Wildman–Crippen MR) is 67.2 cm³/mol. The number of nitrogens with one attached hydrogen (secondary N) is 1. The molecular formula is C14H22N2. The third-order valence-corrected chi connectivity index (χ3v) is 4.06. The van der Waals surface area contributed by atoms with E-state index in [1.807, 2.05) is 18.5 Å². The first-order valence-electron chi connectivity index (χ1n) is 6.27. The highest BCUT2D eigenvalue weighted by atomic mass is 14.9. The van der Waals surface area contributed by atoms with Crippen molar-refractivity contribution in [2.75, 3.05) is 6.54 Å². The predicted octanol–water partition coefficient (Wildman–Crippen LogP) is 3.17. The van der Waals surface area contributed by atoms with E-state index in [9.17, 15) is 0 Å². The number of rotatable bonds is 5. The highest BCUT2D eigenvalue weighted by Gasteiger charge is 2.44. The molecule has 88 valence electrons. The number of hydrogen-bond acceptors (Lipinski definition) is 2. The van der Waals surface area contributed by atoms with Gasteiger partial charge in [0.1, 0.15) is 0 Å². The van der Waals surface area contributed by atoms with Gasteiger partial charge in [-0.3, -0.25) is 4.98 Å². The van der Waals surface area contributed by atoms with Gasteiger partial charge in [0.2, 0.25) is 0 Å². The molecule has 0 aliphatic heterocycles. The molecule has 2 nitrogen and oxygen atoms in total. The Balaban J connectivity index is 1.87. The molecule has 0 spiro atoms. The van der Waals surface area contributed by atoms with Crippen molar-refractivity contribution < 1.29 is 0 Å². The molecule has 0 bridgehead atoms. The summed E-state index contributed by atoms with van der Waals surface area (Å²) in [7, 11) is 0. The van der Waals surface area contributed by atoms with Crippen molar-refractivity contribution in [3.63, 3.8) is 0 Å². The molecule has 1 heterocycles. The highest BCUT2D eigenvalue weighted by molar-refractivity contribution is 5.13. The van der Waals surface area contributed by atoms with Crippen LogP contribution in [0.3, 0.4) is 0 Å². The molecule has 16 heavy (non-hydrogen) atoms. The van der Waals surface area contributed by atoms with Crippen LogP contribution in [0.1, 0.15) is 45.2 Å². The third-order valence-electron chi connectivity index (χ3n) is 4.06. The van der Waals surface area contributed by atoms with Crippen molar-refractivity contribution in [2.24, 2.45) is 11.3 Å². The van der Waals surface area contributed by atoms with E-state index in [0.29, 0.717) is 11.5 Å². The number of nitrogens with zero attached hydrogens (tertiary/aromatic N) is 1.